The van der Waals surface area contributed by atoms with Crippen LogP contribution in [0.2, 0.25) is 0 Å². The van der Waals surface area contributed by atoms with Crippen LogP contribution in [0.4, 0.5) is 5.69 Å². The van der Waals surface area contributed by atoms with Crippen molar-refractivity contribution in [3.8, 4) is 17.2 Å². The van der Waals surface area contributed by atoms with Crippen molar-refractivity contribution in [3.63, 3.8) is 0 Å². The molecule has 0 aliphatic carbocycles. The van der Waals surface area contributed by atoms with E-state index in [1.165, 1.54) is 6.07 Å². The highest BCUT2D eigenvalue weighted by Crippen LogP contribution is 2.29. The number of benzene rings is 2. The number of nitrogens with zero attached hydrogens (tertiary/aromatic N) is 1. The average molecular weight is 482 g/mol. The predicted octanol–water partition coefficient (Wildman–Crippen LogP) is 1.85. The molecule has 1 atom stereocenters. The Balaban J connectivity index is 1.28. The van der Waals surface area contributed by atoms with E-state index in [2.05, 4.69) is 5.32 Å². The molecule has 2 aliphatic rings. The molecule has 2 aliphatic heterocycles. The number of anilines is 1. The van der Waals surface area contributed by atoms with Gasteiger partial charge in [0.05, 0.1) is 25.8 Å². The van der Waals surface area contributed by atoms with Gasteiger partial charge < -0.3 is 29.2 Å². The van der Waals surface area contributed by atoms with Crippen LogP contribution in [-0.2, 0) is 25.5 Å². The van der Waals surface area contributed by atoms with E-state index in [0.717, 1.165) is 5.56 Å². The Morgan fingerprint density at radius 1 is 1.09 bits per heavy atom. The first-order chi connectivity index (χ1) is 16.9. The van der Waals surface area contributed by atoms with Crippen molar-refractivity contribution in [2.45, 2.75) is 12.8 Å². The van der Waals surface area contributed by atoms with Gasteiger partial charge in [-0.15, -0.1) is 0 Å². The zero-order valence-electron chi connectivity index (χ0n) is 19.5. The van der Waals surface area contributed by atoms with E-state index in [0.29, 0.717) is 35.9 Å². The largest absolute Gasteiger partial charge is 0.493 e. The first kappa shape index (κ1) is 24.1. The van der Waals surface area contributed by atoms with Gasteiger partial charge in [-0.3, -0.25) is 19.2 Å². The van der Waals surface area contributed by atoms with Crippen LogP contribution in [0.15, 0.2) is 36.4 Å². The molecule has 2 amide bonds. The summed E-state index contributed by atoms with van der Waals surface area (Å²) in [5.74, 6) is -0.380. The van der Waals surface area contributed by atoms with Crippen molar-refractivity contribution in [2.75, 3.05) is 45.8 Å². The number of rotatable bonds is 9. The number of ketones is 1. The maximum absolute atomic E-state index is 12.5. The van der Waals surface area contributed by atoms with Crippen LogP contribution in [0.5, 0.6) is 17.2 Å². The van der Waals surface area contributed by atoms with Gasteiger partial charge in [0.2, 0.25) is 5.91 Å². The van der Waals surface area contributed by atoms with E-state index in [4.69, 9.17) is 18.9 Å². The number of fused-ring (bicyclic) bond motifs is 1. The van der Waals surface area contributed by atoms with Crippen molar-refractivity contribution in [3.05, 3.63) is 47.5 Å². The van der Waals surface area contributed by atoms with Crippen LogP contribution in [0.3, 0.4) is 0 Å². The van der Waals surface area contributed by atoms with Crippen LogP contribution in [0.1, 0.15) is 22.3 Å². The topological polar surface area (TPSA) is 120 Å². The first-order valence-corrected chi connectivity index (χ1v) is 11.1. The second-order valence-electron chi connectivity index (χ2n) is 8.26. The Morgan fingerprint density at radius 3 is 2.66 bits per heavy atom. The van der Waals surface area contributed by atoms with Crippen molar-refractivity contribution >= 4 is 29.3 Å². The molecular weight excluding hydrogens is 456 g/mol. The third-order valence-electron chi connectivity index (χ3n) is 5.95. The van der Waals surface area contributed by atoms with Crippen LogP contribution < -0.4 is 19.5 Å². The van der Waals surface area contributed by atoms with E-state index in [-0.39, 0.29) is 37.0 Å². The molecular formula is C25H26N2O8. The molecule has 1 saturated heterocycles. The normalized spacial score (nSPS) is 16.7. The lowest BCUT2D eigenvalue weighted by Crippen LogP contribution is -2.29. The van der Waals surface area contributed by atoms with Crippen LogP contribution in [0, 0.1) is 5.92 Å². The quantitative estimate of drug-likeness (QED) is 0.425. The van der Waals surface area contributed by atoms with Gasteiger partial charge in [-0.2, -0.15) is 0 Å². The third kappa shape index (κ3) is 5.53. The maximum atomic E-state index is 12.5. The molecule has 0 radical (unpaired) electrons. The summed E-state index contributed by atoms with van der Waals surface area (Å²) in [5, 5.41) is 2.63. The van der Waals surface area contributed by atoms with Gasteiger partial charge in [0.25, 0.3) is 5.91 Å². The average Bonchev–Trinajstić information content (AvgIpc) is 3.25. The summed E-state index contributed by atoms with van der Waals surface area (Å²) >= 11 is 0. The molecule has 2 heterocycles. The fourth-order valence-electron chi connectivity index (χ4n) is 4.04. The van der Waals surface area contributed by atoms with Crippen LogP contribution >= 0.6 is 0 Å². The highest BCUT2D eigenvalue weighted by molar-refractivity contribution is 6.02. The molecule has 10 nitrogen and oxygen atoms in total. The van der Waals surface area contributed by atoms with Gasteiger partial charge in [-0.25, -0.2) is 0 Å². The molecule has 1 unspecified atom stereocenters. The number of ether oxygens (including phenoxy) is 4. The third-order valence-corrected chi connectivity index (χ3v) is 5.95. The fraction of sp³-hybridized carbons (Fsp3) is 0.360. The smallest absolute Gasteiger partial charge is 0.311 e. The number of Topliss-reactive ketones (excluding diaryl/α,β-unsaturated/α-hetero) is 1. The van der Waals surface area contributed by atoms with Gasteiger partial charge >= 0.3 is 5.97 Å². The van der Waals surface area contributed by atoms with Gasteiger partial charge in [-0.1, -0.05) is 6.07 Å². The number of hydrogen-bond donors (Lipinski definition) is 1. The van der Waals surface area contributed by atoms with Crippen LogP contribution in [-0.4, -0.2) is 69.0 Å². The molecule has 0 spiro atoms. The van der Waals surface area contributed by atoms with Gasteiger partial charge in [0, 0.05) is 25.1 Å². The molecule has 0 aromatic heterocycles. The highest BCUT2D eigenvalue weighted by Gasteiger charge is 2.35. The standard InChI is InChI=1S/C25H26N2O8/c1-32-21-5-3-15(9-22(21)33-2)7-8-27-12-17(11-24(27)30)25(31)35-13-19(28)16-4-6-20-18(10-16)26-23(29)14-34-20/h3-6,9-10,17H,7-8,11-14H2,1-2H3,(H,26,29). The van der Waals surface area contributed by atoms with Gasteiger partial charge in [0.1, 0.15) is 5.75 Å². The molecule has 2 aromatic rings. The first-order valence-electron chi connectivity index (χ1n) is 11.1. The number of hydrogen-bond acceptors (Lipinski definition) is 8. The van der Waals surface area contributed by atoms with E-state index in [1.807, 2.05) is 12.1 Å². The lowest BCUT2D eigenvalue weighted by molar-refractivity contribution is -0.147. The minimum absolute atomic E-state index is 0.0428. The summed E-state index contributed by atoms with van der Waals surface area (Å²) < 4.78 is 21.0. The summed E-state index contributed by atoms with van der Waals surface area (Å²) in [4.78, 5) is 50.5. The summed E-state index contributed by atoms with van der Waals surface area (Å²) in [5.41, 5.74) is 1.64. The Kier molecular flexibility index (Phi) is 7.19. The van der Waals surface area contributed by atoms with Crippen LogP contribution in [0.25, 0.3) is 0 Å². The number of amides is 2. The molecule has 4 rings (SSSR count). The SMILES string of the molecule is COc1ccc(CCN2CC(C(=O)OCC(=O)c3ccc4c(c3)NC(=O)CO4)CC2=O)cc1OC. The summed E-state index contributed by atoms with van der Waals surface area (Å²) in [6.07, 6.45) is 0.631. The van der Waals surface area contributed by atoms with Gasteiger partial charge in [-0.05, 0) is 42.3 Å². The minimum Gasteiger partial charge on any atom is -0.493 e. The zero-order chi connectivity index (χ0) is 24.9. The molecule has 35 heavy (non-hydrogen) atoms. The summed E-state index contributed by atoms with van der Waals surface area (Å²) in [6.45, 7) is 0.146. The fourth-order valence-corrected chi connectivity index (χ4v) is 4.04. The number of carbonyl (C=O) groups is 4. The zero-order valence-corrected chi connectivity index (χ0v) is 19.5. The number of likely N-dealkylation sites (tertiary alicyclic amines) is 1. The van der Waals surface area contributed by atoms with E-state index < -0.39 is 24.3 Å². The molecule has 0 bridgehead atoms. The van der Waals surface area contributed by atoms with E-state index >= 15 is 0 Å². The summed E-state index contributed by atoms with van der Waals surface area (Å²) in [7, 11) is 3.12. The maximum Gasteiger partial charge on any atom is 0.311 e. The summed E-state index contributed by atoms with van der Waals surface area (Å²) in [6, 6.07) is 10.2. The Bertz CT molecular complexity index is 1160. The molecule has 1 N–H and O–H groups in total. The molecule has 184 valence electrons. The van der Waals surface area contributed by atoms with E-state index in [1.54, 1.807) is 37.3 Å². The lowest BCUT2D eigenvalue weighted by atomic mass is 10.1. The van der Waals surface area contributed by atoms with Crippen molar-refractivity contribution in [1.29, 1.82) is 0 Å². The lowest BCUT2D eigenvalue weighted by Gasteiger charge is -2.18. The van der Waals surface area contributed by atoms with Crippen molar-refractivity contribution in [2.24, 2.45) is 5.92 Å². The molecule has 10 heteroatoms. The number of nitrogens with one attached hydrogen (secondary N) is 1. The molecule has 2 aromatic carbocycles. The second kappa shape index (κ2) is 10.5. The Hall–Kier alpha value is -4.08. The molecule has 0 saturated carbocycles. The molecule has 1 fully saturated rings. The predicted molar refractivity (Wildman–Crippen MR) is 124 cm³/mol. The minimum atomic E-state index is -0.628. The Labute approximate surface area is 202 Å². The van der Waals surface area contributed by atoms with Crippen molar-refractivity contribution in [1.82, 2.24) is 4.90 Å². The monoisotopic (exact) mass is 482 g/mol. The Morgan fingerprint density at radius 2 is 1.89 bits per heavy atom. The van der Waals surface area contributed by atoms with Gasteiger partial charge in [0.15, 0.2) is 30.5 Å². The number of carbonyl (C=O) groups excluding carboxylic acids is 4. The highest BCUT2D eigenvalue weighted by atomic mass is 16.5. The number of esters is 1. The number of methoxy groups -OCH3 is 2. The van der Waals surface area contributed by atoms with E-state index in [9.17, 15) is 19.2 Å². The van der Waals surface area contributed by atoms with Crippen molar-refractivity contribution < 1.29 is 38.1 Å². The second-order valence-corrected chi connectivity index (χ2v) is 8.26.